The Morgan fingerprint density at radius 3 is 2.70 bits per heavy atom. The molecule has 1 heterocycles. The van der Waals surface area contributed by atoms with Crippen LogP contribution in [0.25, 0.3) is 0 Å². The molecule has 2 N–H and O–H groups in total. The minimum absolute atomic E-state index is 0.146. The Kier molecular flexibility index (Phi) is 4.78. The van der Waals surface area contributed by atoms with E-state index in [0.717, 1.165) is 25.2 Å². The van der Waals surface area contributed by atoms with Crippen molar-refractivity contribution in [1.82, 2.24) is 9.80 Å². The summed E-state index contributed by atoms with van der Waals surface area (Å²) in [7, 11) is 2.08. The first kappa shape index (κ1) is 15.0. The molecule has 1 amide bonds. The lowest BCUT2D eigenvalue weighted by molar-refractivity contribution is -0.134. The third kappa shape index (κ3) is 3.38. The first-order valence-electron chi connectivity index (χ1n) is 7.25. The van der Waals surface area contributed by atoms with Crippen LogP contribution in [-0.2, 0) is 11.2 Å². The largest absolute Gasteiger partial charge is 0.336 e. The zero-order valence-corrected chi connectivity index (χ0v) is 12.7. The van der Waals surface area contributed by atoms with E-state index in [1.54, 1.807) is 0 Å². The predicted octanol–water partition coefficient (Wildman–Crippen LogP) is 0.947. The third-order valence-corrected chi connectivity index (χ3v) is 4.20. The third-order valence-electron chi connectivity index (χ3n) is 4.20. The van der Waals surface area contributed by atoms with Crippen molar-refractivity contribution in [3.63, 3.8) is 0 Å². The highest BCUT2D eigenvalue weighted by molar-refractivity contribution is 5.79. The monoisotopic (exact) mass is 275 g/mol. The molecule has 1 aliphatic rings. The molecule has 1 unspecified atom stereocenters. The van der Waals surface area contributed by atoms with Gasteiger partial charge in [-0.1, -0.05) is 18.2 Å². The van der Waals surface area contributed by atoms with E-state index in [9.17, 15) is 4.79 Å². The van der Waals surface area contributed by atoms with Crippen LogP contribution in [0.1, 0.15) is 16.7 Å². The molecule has 1 fully saturated rings. The van der Waals surface area contributed by atoms with Gasteiger partial charge in [-0.2, -0.15) is 0 Å². The molecule has 0 saturated carbocycles. The van der Waals surface area contributed by atoms with Gasteiger partial charge in [-0.05, 0) is 37.6 Å². The molecule has 0 aromatic heterocycles. The molecule has 0 bridgehead atoms. The van der Waals surface area contributed by atoms with Crippen molar-refractivity contribution >= 4 is 5.91 Å². The van der Waals surface area contributed by atoms with Gasteiger partial charge in [-0.25, -0.2) is 0 Å². The zero-order valence-electron chi connectivity index (χ0n) is 12.7. The second kappa shape index (κ2) is 6.37. The Balaban J connectivity index is 2.05. The van der Waals surface area contributed by atoms with Crippen LogP contribution < -0.4 is 5.73 Å². The molecule has 1 saturated heterocycles. The van der Waals surface area contributed by atoms with Gasteiger partial charge in [-0.3, -0.25) is 4.79 Å². The Morgan fingerprint density at radius 2 is 2.05 bits per heavy atom. The topological polar surface area (TPSA) is 49.6 Å². The summed E-state index contributed by atoms with van der Waals surface area (Å²) in [5, 5.41) is 0. The van der Waals surface area contributed by atoms with Gasteiger partial charge in [0.1, 0.15) is 0 Å². The highest BCUT2D eigenvalue weighted by Crippen LogP contribution is 2.14. The van der Waals surface area contributed by atoms with Crippen molar-refractivity contribution in [2.45, 2.75) is 26.3 Å². The maximum Gasteiger partial charge on any atom is 0.227 e. The molecule has 1 aliphatic heterocycles. The molecule has 0 radical (unpaired) electrons. The summed E-state index contributed by atoms with van der Waals surface area (Å²) in [5.74, 6) is 0.191. The smallest absolute Gasteiger partial charge is 0.227 e. The van der Waals surface area contributed by atoms with E-state index in [0.29, 0.717) is 13.0 Å². The molecule has 1 atom stereocenters. The predicted molar refractivity (Wildman–Crippen MR) is 81.7 cm³/mol. The summed E-state index contributed by atoms with van der Waals surface area (Å²) in [4.78, 5) is 16.7. The van der Waals surface area contributed by atoms with Crippen molar-refractivity contribution < 1.29 is 4.79 Å². The molecule has 110 valence electrons. The van der Waals surface area contributed by atoms with Crippen molar-refractivity contribution in [3.05, 3.63) is 34.9 Å². The standard InChI is InChI=1S/C16H25N3O/c1-12-4-5-14(8-13(12)2)9-16(20)19-7-6-18(3)11-15(19)10-17/h4-5,8,15H,6-7,9-11,17H2,1-3H3. The average Bonchev–Trinajstić information content (AvgIpc) is 2.42. The molecule has 4 heteroatoms. The van der Waals surface area contributed by atoms with Crippen LogP contribution in [0.15, 0.2) is 18.2 Å². The highest BCUT2D eigenvalue weighted by atomic mass is 16.2. The number of carbonyl (C=O) groups is 1. The Labute approximate surface area is 121 Å². The summed E-state index contributed by atoms with van der Waals surface area (Å²) >= 11 is 0. The lowest BCUT2D eigenvalue weighted by Gasteiger charge is -2.39. The highest BCUT2D eigenvalue weighted by Gasteiger charge is 2.27. The molecule has 4 nitrogen and oxygen atoms in total. The van der Waals surface area contributed by atoms with E-state index in [1.165, 1.54) is 11.1 Å². The van der Waals surface area contributed by atoms with Gasteiger partial charge < -0.3 is 15.5 Å². The van der Waals surface area contributed by atoms with Crippen LogP contribution in [0.5, 0.6) is 0 Å². The van der Waals surface area contributed by atoms with Crippen LogP contribution in [0, 0.1) is 13.8 Å². The number of nitrogens with zero attached hydrogens (tertiary/aromatic N) is 2. The fraction of sp³-hybridized carbons (Fsp3) is 0.562. The van der Waals surface area contributed by atoms with Gasteiger partial charge in [0.05, 0.1) is 12.5 Å². The van der Waals surface area contributed by atoms with E-state index in [4.69, 9.17) is 5.73 Å². The minimum Gasteiger partial charge on any atom is -0.336 e. The van der Waals surface area contributed by atoms with Crippen molar-refractivity contribution in [1.29, 1.82) is 0 Å². The number of piperazine rings is 1. The van der Waals surface area contributed by atoms with Crippen LogP contribution >= 0.6 is 0 Å². The quantitative estimate of drug-likeness (QED) is 0.893. The van der Waals surface area contributed by atoms with Crippen molar-refractivity contribution in [2.24, 2.45) is 5.73 Å². The number of likely N-dealkylation sites (N-methyl/N-ethyl adjacent to an activating group) is 1. The number of aryl methyl sites for hydroxylation is 2. The van der Waals surface area contributed by atoms with Gasteiger partial charge in [0.2, 0.25) is 5.91 Å². The lowest BCUT2D eigenvalue weighted by Crippen LogP contribution is -2.57. The lowest BCUT2D eigenvalue weighted by atomic mass is 10.0. The number of benzene rings is 1. The van der Waals surface area contributed by atoms with E-state index < -0.39 is 0 Å². The number of amides is 1. The summed E-state index contributed by atoms with van der Waals surface area (Å²) < 4.78 is 0. The van der Waals surface area contributed by atoms with E-state index in [2.05, 4.69) is 37.9 Å². The Hall–Kier alpha value is -1.39. The second-order valence-electron chi connectivity index (χ2n) is 5.83. The first-order chi connectivity index (χ1) is 9.51. The van der Waals surface area contributed by atoms with Gasteiger partial charge in [0, 0.05) is 26.2 Å². The Bertz CT molecular complexity index is 487. The molecule has 1 aromatic carbocycles. The number of hydrogen-bond acceptors (Lipinski definition) is 3. The SMILES string of the molecule is Cc1ccc(CC(=O)N2CCN(C)CC2CN)cc1C. The second-order valence-corrected chi connectivity index (χ2v) is 5.83. The van der Waals surface area contributed by atoms with Gasteiger partial charge in [0.25, 0.3) is 0 Å². The van der Waals surface area contributed by atoms with E-state index in [1.807, 2.05) is 11.0 Å². The van der Waals surface area contributed by atoms with Crippen LogP contribution in [-0.4, -0.2) is 55.0 Å². The molecule has 0 spiro atoms. The number of nitrogens with two attached hydrogens (primary N) is 1. The summed E-state index contributed by atoms with van der Waals surface area (Å²) in [6, 6.07) is 6.39. The molecular weight excluding hydrogens is 250 g/mol. The number of rotatable bonds is 3. The van der Waals surface area contributed by atoms with Crippen LogP contribution in [0.2, 0.25) is 0 Å². The molecule has 1 aromatic rings. The molecule has 0 aliphatic carbocycles. The maximum atomic E-state index is 12.5. The fourth-order valence-electron chi connectivity index (χ4n) is 2.73. The maximum absolute atomic E-state index is 12.5. The molecule has 2 rings (SSSR count). The van der Waals surface area contributed by atoms with E-state index >= 15 is 0 Å². The van der Waals surface area contributed by atoms with E-state index in [-0.39, 0.29) is 11.9 Å². The van der Waals surface area contributed by atoms with Crippen molar-refractivity contribution in [3.8, 4) is 0 Å². The van der Waals surface area contributed by atoms with Crippen molar-refractivity contribution in [2.75, 3.05) is 33.2 Å². The molecular formula is C16H25N3O. The zero-order chi connectivity index (χ0) is 14.7. The first-order valence-corrected chi connectivity index (χ1v) is 7.25. The van der Waals surface area contributed by atoms with Gasteiger partial charge in [-0.15, -0.1) is 0 Å². The number of carbonyl (C=O) groups excluding carboxylic acids is 1. The van der Waals surface area contributed by atoms with Crippen LogP contribution in [0.4, 0.5) is 0 Å². The summed E-state index contributed by atoms with van der Waals surface area (Å²) in [6.07, 6.45) is 0.474. The number of hydrogen-bond donors (Lipinski definition) is 1. The van der Waals surface area contributed by atoms with Crippen LogP contribution in [0.3, 0.4) is 0 Å². The normalized spacial score (nSPS) is 20.2. The summed E-state index contributed by atoms with van der Waals surface area (Å²) in [5.41, 5.74) is 9.41. The van der Waals surface area contributed by atoms with Gasteiger partial charge >= 0.3 is 0 Å². The summed E-state index contributed by atoms with van der Waals surface area (Å²) in [6.45, 7) is 7.28. The average molecular weight is 275 g/mol. The minimum atomic E-state index is 0.146. The fourth-order valence-corrected chi connectivity index (χ4v) is 2.73. The molecule has 20 heavy (non-hydrogen) atoms. The Morgan fingerprint density at radius 1 is 1.30 bits per heavy atom. The van der Waals surface area contributed by atoms with Gasteiger partial charge in [0.15, 0.2) is 0 Å².